The third kappa shape index (κ3) is 3.07. The smallest absolute Gasteiger partial charge is 0.171 e. The van der Waals surface area contributed by atoms with Gasteiger partial charge in [-0.25, -0.2) is 9.97 Å². The Balaban J connectivity index is 1.95. The maximum atomic E-state index is 6.00. The summed E-state index contributed by atoms with van der Waals surface area (Å²) in [4.78, 5) is 10.3. The highest BCUT2D eigenvalue weighted by Crippen LogP contribution is 2.40. The molecule has 0 aromatic carbocycles. The Morgan fingerprint density at radius 3 is 2.84 bits per heavy atom. The second kappa shape index (κ2) is 5.47. The van der Waals surface area contributed by atoms with E-state index in [1.807, 2.05) is 12.1 Å². The first-order valence-electron chi connectivity index (χ1n) is 6.65. The van der Waals surface area contributed by atoms with Crippen molar-refractivity contribution in [2.24, 2.45) is 0 Å². The van der Waals surface area contributed by atoms with Gasteiger partial charge in [-0.1, -0.05) is 18.5 Å². The standard InChI is InChI=1S/C14H16ClN3S/c1-2-7-16-13-8-10(9-3-4-9)17-14(18-13)11-5-6-12(15)19-11/h5-6,8-9H,2-4,7H2,1H3,(H,16,17,18). The predicted octanol–water partition coefficient (Wildman–Crippen LogP) is 4.56. The van der Waals surface area contributed by atoms with Gasteiger partial charge in [0.15, 0.2) is 5.82 Å². The van der Waals surface area contributed by atoms with Gasteiger partial charge >= 0.3 is 0 Å². The molecule has 1 saturated carbocycles. The molecule has 0 saturated heterocycles. The molecule has 2 aromatic heterocycles. The minimum Gasteiger partial charge on any atom is -0.370 e. The average molecular weight is 294 g/mol. The van der Waals surface area contributed by atoms with Crippen molar-refractivity contribution in [2.45, 2.75) is 32.1 Å². The molecule has 0 aliphatic heterocycles. The van der Waals surface area contributed by atoms with Gasteiger partial charge in [-0.05, 0) is 31.4 Å². The largest absolute Gasteiger partial charge is 0.370 e. The Kier molecular flexibility index (Phi) is 3.71. The fourth-order valence-corrected chi connectivity index (χ4v) is 2.92. The Morgan fingerprint density at radius 1 is 1.37 bits per heavy atom. The van der Waals surface area contributed by atoms with E-state index in [0.29, 0.717) is 5.92 Å². The lowest BCUT2D eigenvalue weighted by molar-refractivity contribution is 0.949. The van der Waals surface area contributed by atoms with E-state index in [2.05, 4.69) is 28.3 Å². The number of thiophene rings is 1. The van der Waals surface area contributed by atoms with Gasteiger partial charge < -0.3 is 5.32 Å². The molecule has 5 heteroatoms. The molecular formula is C14H16ClN3S. The molecule has 0 atom stereocenters. The third-order valence-electron chi connectivity index (χ3n) is 3.09. The number of aromatic nitrogens is 2. The summed E-state index contributed by atoms with van der Waals surface area (Å²) in [5.74, 6) is 2.34. The Bertz CT molecular complexity index is 578. The fraction of sp³-hybridized carbons (Fsp3) is 0.429. The van der Waals surface area contributed by atoms with Gasteiger partial charge in [0.1, 0.15) is 5.82 Å². The van der Waals surface area contributed by atoms with Gasteiger partial charge in [-0.3, -0.25) is 0 Å². The summed E-state index contributed by atoms with van der Waals surface area (Å²) in [5, 5.41) is 3.35. The molecular weight excluding hydrogens is 278 g/mol. The predicted molar refractivity (Wildman–Crippen MR) is 81.1 cm³/mol. The second-order valence-electron chi connectivity index (χ2n) is 4.81. The normalized spacial score (nSPS) is 14.6. The van der Waals surface area contributed by atoms with Gasteiger partial charge in [-0.2, -0.15) is 0 Å². The van der Waals surface area contributed by atoms with E-state index in [1.165, 1.54) is 24.2 Å². The molecule has 1 fully saturated rings. The molecule has 0 spiro atoms. The average Bonchev–Trinajstić information content (AvgIpc) is 3.18. The lowest BCUT2D eigenvalue weighted by Gasteiger charge is -2.08. The SMILES string of the molecule is CCCNc1cc(C2CC2)nc(-c2ccc(Cl)s2)n1. The van der Waals surface area contributed by atoms with Crippen LogP contribution in [0, 0.1) is 0 Å². The highest BCUT2D eigenvalue weighted by Gasteiger charge is 2.26. The number of halogens is 1. The minimum atomic E-state index is 0.624. The van der Waals surface area contributed by atoms with E-state index in [4.69, 9.17) is 11.6 Å². The van der Waals surface area contributed by atoms with Crippen LogP contribution in [0.15, 0.2) is 18.2 Å². The van der Waals surface area contributed by atoms with Crippen LogP contribution in [-0.4, -0.2) is 16.5 Å². The van der Waals surface area contributed by atoms with Crippen LogP contribution in [0.1, 0.15) is 37.8 Å². The van der Waals surface area contributed by atoms with Crippen LogP contribution in [0.5, 0.6) is 0 Å². The molecule has 100 valence electrons. The zero-order valence-electron chi connectivity index (χ0n) is 10.8. The van der Waals surface area contributed by atoms with E-state index >= 15 is 0 Å². The maximum Gasteiger partial charge on any atom is 0.171 e. The van der Waals surface area contributed by atoms with Crippen molar-refractivity contribution >= 4 is 28.8 Å². The van der Waals surface area contributed by atoms with Crippen LogP contribution in [0.25, 0.3) is 10.7 Å². The summed E-state index contributed by atoms with van der Waals surface area (Å²) >= 11 is 7.52. The second-order valence-corrected chi connectivity index (χ2v) is 6.52. The van der Waals surface area contributed by atoms with Crippen LogP contribution in [0.4, 0.5) is 5.82 Å². The number of nitrogens with zero attached hydrogens (tertiary/aromatic N) is 2. The summed E-state index contributed by atoms with van der Waals surface area (Å²) in [6.07, 6.45) is 3.58. The molecule has 3 nitrogen and oxygen atoms in total. The maximum absolute atomic E-state index is 6.00. The van der Waals surface area contributed by atoms with Crippen LogP contribution >= 0.6 is 22.9 Å². The molecule has 3 rings (SSSR count). The van der Waals surface area contributed by atoms with Crippen molar-refractivity contribution < 1.29 is 0 Å². The Morgan fingerprint density at radius 2 is 2.21 bits per heavy atom. The summed E-state index contributed by atoms with van der Waals surface area (Å²) in [7, 11) is 0. The van der Waals surface area contributed by atoms with Gasteiger partial charge in [-0.15, -0.1) is 11.3 Å². The molecule has 0 amide bonds. The van der Waals surface area contributed by atoms with Gasteiger partial charge in [0.2, 0.25) is 0 Å². The van der Waals surface area contributed by atoms with Crippen LogP contribution < -0.4 is 5.32 Å². The Hall–Kier alpha value is -1.13. The van der Waals surface area contributed by atoms with Crippen molar-refractivity contribution in [3.8, 4) is 10.7 Å². The van der Waals surface area contributed by atoms with Crippen molar-refractivity contribution in [3.63, 3.8) is 0 Å². The minimum absolute atomic E-state index is 0.624. The lowest BCUT2D eigenvalue weighted by Crippen LogP contribution is -2.05. The van der Waals surface area contributed by atoms with Crippen molar-refractivity contribution in [1.82, 2.24) is 9.97 Å². The van der Waals surface area contributed by atoms with Crippen LogP contribution in [0.2, 0.25) is 4.34 Å². The van der Waals surface area contributed by atoms with Gasteiger partial charge in [0, 0.05) is 24.2 Å². The molecule has 1 N–H and O–H groups in total. The van der Waals surface area contributed by atoms with Crippen LogP contribution in [-0.2, 0) is 0 Å². The first kappa shape index (κ1) is 12.9. The van der Waals surface area contributed by atoms with E-state index in [-0.39, 0.29) is 0 Å². The molecule has 0 radical (unpaired) electrons. The highest BCUT2D eigenvalue weighted by atomic mass is 35.5. The van der Waals surface area contributed by atoms with Crippen molar-refractivity contribution in [2.75, 3.05) is 11.9 Å². The van der Waals surface area contributed by atoms with E-state index in [0.717, 1.165) is 39.5 Å². The summed E-state index contributed by atoms with van der Waals surface area (Å²) < 4.78 is 0.776. The molecule has 1 aliphatic rings. The monoisotopic (exact) mass is 293 g/mol. The molecule has 19 heavy (non-hydrogen) atoms. The van der Waals surface area contributed by atoms with E-state index < -0.39 is 0 Å². The quantitative estimate of drug-likeness (QED) is 0.878. The summed E-state index contributed by atoms with van der Waals surface area (Å²) in [6.45, 7) is 3.09. The van der Waals surface area contributed by atoms with E-state index in [9.17, 15) is 0 Å². The van der Waals surface area contributed by atoms with Crippen molar-refractivity contribution in [3.05, 3.63) is 28.2 Å². The molecule has 0 unspecified atom stereocenters. The lowest BCUT2D eigenvalue weighted by atomic mass is 10.2. The van der Waals surface area contributed by atoms with Crippen molar-refractivity contribution in [1.29, 1.82) is 0 Å². The number of hydrogen-bond donors (Lipinski definition) is 1. The number of rotatable bonds is 5. The molecule has 0 bridgehead atoms. The topological polar surface area (TPSA) is 37.8 Å². The fourth-order valence-electron chi connectivity index (χ4n) is 1.94. The highest BCUT2D eigenvalue weighted by molar-refractivity contribution is 7.19. The Labute approximate surface area is 122 Å². The number of anilines is 1. The molecule has 2 aromatic rings. The zero-order chi connectivity index (χ0) is 13.2. The molecule has 1 aliphatic carbocycles. The number of nitrogens with one attached hydrogen (secondary N) is 1. The number of hydrogen-bond acceptors (Lipinski definition) is 4. The first-order valence-corrected chi connectivity index (χ1v) is 7.84. The van der Waals surface area contributed by atoms with E-state index in [1.54, 1.807) is 0 Å². The van der Waals surface area contributed by atoms with Gasteiger partial charge in [0.25, 0.3) is 0 Å². The third-order valence-corrected chi connectivity index (χ3v) is 4.32. The summed E-state index contributed by atoms with van der Waals surface area (Å²) in [6, 6.07) is 5.97. The zero-order valence-corrected chi connectivity index (χ0v) is 12.4. The molecule has 2 heterocycles. The van der Waals surface area contributed by atoms with Gasteiger partial charge in [0.05, 0.1) is 9.21 Å². The first-order chi connectivity index (χ1) is 9.26. The van der Waals surface area contributed by atoms with Crippen LogP contribution in [0.3, 0.4) is 0 Å². The summed E-state index contributed by atoms with van der Waals surface area (Å²) in [5.41, 5.74) is 1.16.